The Hall–Kier alpha value is -2.10. The van der Waals surface area contributed by atoms with Crippen LogP contribution in [0.15, 0.2) is 40.5 Å². The molecule has 3 aromatic rings. The predicted octanol–water partition coefficient (Wildman–Crippen LogP) is 2.75. The minimum absolute atomic E-state index is 0.0911. The quantitative estimate of drug-likeness (QED) is 0.652. The van der Waals surface area contributed by atoms with Crippen LogP contribution in [0.1, 0.15) is 5.89 Å². The summed E-state index contributed by atoms with van der Waals surface area (Å²) < 4.78 is 6.98. The van der Waals surface area contributed by atoms with E-state index in [1.54, 1.807) is 29.2 Å². The predicted molar refractivity (Wildman–Crippen MR) is 89.2 cm³/mol. The van der Waals surface area contributed by atoms with Crippen LogP contribution in [0.3, 0.4) is 0 Å². The Morgan fingerprint density at radius 2 is 2.21 bits per heavy atom. The molecule has 0 fully saturated rings. The Morgan fingerprint density at radius 3 is 3.00 bits per heavy atom. The van der Waals surface area contributed by atoms with E-state index in [-0.39, 0.29) is 16.9 Å². The molecule has 0 aliphatic carbocycles. The zero-order chi connectivity index (χ0) is 16.9. The number of hydrogen-bond acceptors (Lipinski definition) is 7. The molecular formula is C13H10Cl2N6O2S. The third-order valence-electron chi connectivity index (χ3n) is 2.76. The van der Waals surface area contributed by atoms with Crippen molar-refractivity contribution in [2.24, 2.45) is 0 Å². The summed E-state index contributed by atoms with van der Waals surface area (Å²) in [5.41, 5.74) is 0.451. The van der Waals surface area contributed by atoms with Gasteiger partial charge in [0.2, 0.25) is 11.8 Å². The number of benzene rings is 1. The molecule has 0 aliphatic heterocycles. The Morgan fingerprint density at radius 1 is 1.33 bits per heavy atom. The molecule has 1 N–H and O–H groups in total. The van der Waals surface area contributed by atoms with Crippen LogP contribution in [-0.2, 0) is 11.3 Å². The van der Waals surface area contributed by atoms with Crippen LogP contribution in [0.25, 0.3) is 0 Å². The number of aromatic nitrogens is 5. The van der Waals surface area contributed by atoms with E-state index in [4.69, 9.17) is 27.6 Å². The molecule has 8 nitrogen and oxygen atoms in total. The minimum atomic E-state index is -0.264. The van der Waals surface area contributed by atoms with Crippen LogP contribution in [0, 0.1) is 0 Å². The number of carbonyl (C=O) groups excluding carboxylic acids is 1. The summed E-state index contributed by atoms with van der Waals surface area (Å²) in [6.45, 7) is 0.317. The van der Waals surface area contributed by atoms with Gasteiger partial charge in [0.25, 0.3) is 5.22 Å². The van der Waals surface area contributed by atoms with Gasteiger partial charge in [-0.2, -0.15) is 5.10 Å². The van der Waals surface area contributed by atoms with Gasteiger partial charge in [-0.3, -0.25) is 4.79 Å². The second-order valence-corrected chi connectivity index (χ2v) is 6.20. The second-order valence-electron chi connectivity index (χ2n) is 4.49. The molecule has 3 rings (SSSR count). The van der Waals surface area contributed by atoms with E-state index < -0.39 is 0 Å². The molecule has 1 aromatic carbocycles. The van der Waals surface area contributed by atoms with Crippen molar-refractivity contribution in [2.45, 2.75) is 11.8 Å². The molecular weight excluding hydrogens is 375 g/mol. The van der Waals surface area contributed by atoms with E-state index in [0.29, 0.717) is 28.2 Å². The van der Waals surface area contributed by atoms with E-state index in [9.17, 15) is 4.79 Å². The van der Waals surface area contributed by atoms with E-state index in [1.165, 1.54) is 6.33 Å². The molecule has 0 saturated heterocycles. The van der Waals surface area contributed by atoms with Crippen molar-refractivity contribution in [3.63, 3.8) is 0 Å². The maximum Gasteiger partial charge on any atom is 0.277 e. The molecule has 0 radical (unpaired) electrons. The molecule has 124 valence electrons. The van der Waals surface area contributed by atoms with E-state index in [1.807, 2.05) is 0 Å². The fraction of sp³-hybridized carbons (Fsp3) is 0.154. The van der Waals surface area contributed by atoms with Gasteiger partial charge in [0.1, 0.15) is 19.2 Å². The second kappa shape index (κ2) is 7.65. The smallest absolute Gasteiger partial charge is 0.277 e. The molecule has 24 heavy (non-hydrogen) atoms. The van der Waals surface area contributed by atoms with Crippen molar-refractivity contribution < 1.29 is 9.21 Å². The molecule has 2 heterocycles. The highest BCUT2D eigenvalue weighted by molar-refractivity contribution is 7.99. The molecule has 11 heteroatoms. The van der Waals surface area contributed by atoms with Crippen LogP contribution in [-0.4, -0.2) is 36.6 Å². The molecule has 2 aromatic heterocycles. The lowest BCUT2D eigenvalue weighted by molar-refractivity contribution is -0.113. The zero-order valence-electron chi connectivity index (χ0n) is 12.0. The minimum Gasteiger partial charge on any atom is -0.414 e. The Kier molecular flexibility index (Phi) is 5.34. The Labute approximate surface area is 150 Å². The van der Waals surface area contributed by atoms with Gasteiger partial charge in [-0.15, -0.1) is 10.2 Å². The SMILES string of the molecule is O=C(CSc1nnc(Cn2cncn2)o1)Nc1cccc(Cl)c1Cl. The molecule has 0 unspecified atom stereocenters. The van der Waals surface area contributed by atoms with Crippen molar-refractivity contribution in [3.05, 3.63) is 46.8 Å². The van der Waals surface area contributed by atoms with Crippen molar-refractivity contribution in [2.75, 3.05) is 11.1 Å². The summed E-state index contributed by atoms with van der Waals surface area (Å²) in [6, 6.07) is 5.01. The van der Waals surface area contributed by atoms with Crippen LogP contribution in [0.5, 0.6) is 0 Å². The molecule has 0 aliphatic rings. The number of nitrogens with one attached hydrogen (secondary N) is 1. The van der Waals surface area contributed by atoms with Gasteiger partial charge in [-0.25, -0.2) is 9.67 Å². The number of halogens is 2. The van der Waals surface area contributed by atoms with Crippen LogP contribution in [0.4, 0.5) is 5.69 Å². The van der Waals surface area contributed by atoms with Crippen molar-refractivity contribution in [1.82, 2.24) is 25.0 Å². The molecule has 0 saturated carbocycles. The third kappa shape index (κ3) is 4.25. The maximum atomic E-state index is 12.0. The highest BCUT2D eigenvalue weighted by Crippen LogP contribution is 2.29. The average molecular weight is 385 g/mol. The van der Waals surface area contributed by atoms with Crippen LogP contribution in [0.2, 0.25) is 10.0 Å². The van der Waals surface area contributed by atoms with Crippen molar-refractivity contribution in [3.8, 4) is 0 Å². The summed E-state index contributed by atoms with van der Waals surface area (Å²) in [7, 11) is 0. The van der Waals surface area contributed by atoms with E-state index in [0.717, 1.165) is 11.8 Å². The number of carbonyl (C=O) groups is 1. The van der Waals surface area contributed by atoms with Crippen LogP contribution < -0.4 is 5.32 Å². The average Bonchev–Trinajstić information content (AvgIpc) is 3.22. The summed E-state index contributed by atoms with van der Waals surface area (Å²) in [4.78, 5) is 15.8. The van der Waals surface area contributed by atoms with Gasteiger partial charge < -0.3 is 9.73 Å². The van der Waals surface area contributed by atoms with E-state index in [2.05, 4.69) is 25.6 Å². The summed E-state index contributed by atoms with van der Waals surface area (Å²) in [6.07, 6.45) is 2.95. The van der Waals surface area contributed by atoms with Crippen molar-refractivity contribution in [1.29, 1.82) is 0 Å². The molecule has 0 atom stereocenters. The lowest BCUT2D eigenvalue weighted by Crippen LogP contribution is -2.14. The van der Waals surface area contributed by atoms with E-state index >= 15 is 0 Å². The normalized spacial score (nSPS) is 10.8. The topological polar surface area (TPSA) is 98.7 Å². The van der Waals surface area contributed by atoms with Gasteiger partial charge in [-0.1, -0.05) is 41.0 Å². The van der Waals surface area contributed by atoms with Gasteiger partial charge >= 0.3 is 0 Å². The summed E-state index contributed by atoms with van der Waals surface area (Å²) in [5.74, 6) is 0.204. The van der Waals surface area contributed by atoms with Gasteiger partial charge in [0.15, 0.2) is 0 Å². The number of amides is 1. The first-order valence-corrected chi connectivity index (χ1v) is 8.37. The van der Waals surface area contributed by atoms with Gasteiger partial charge in [0, 0.05) is 0 Å². The number of anilines is 1. The van der Waals surface area contributed by atoms with Crippen LogP contribution >= 0.6 is 35.0 Å². The highest BCUT2D eigenvalue weighted by Gasteiger charge is 2.12. The summed E-state index contributed by atoms with van der Waals surface area (Å²) in [5, 5.41) is 15.3. The first kappa shape index (κ1) is 16.7. The lowest BCUT2D eigenvalue weighted by atomic mass is 10.3. The molecule has 1 amide bonds. The largest absolute Gasteiger partial charge is 0.414 e. The number of thioether (sulfide) groups is 1. The third-order valence-corrected chi connectivity index (χ3v) is 4.40. The number of nitrogens with zero attached hydrogens (tertiary/aromatic N) is 5. The lowest BCUT2D eigenvalue weighted by Gasteiger charge is -2.07. The first-order valence-electron chi connectivity index (χ1n) is 6.63. The number of hydrogen-bond donors (Lipinski definition) is 1. The highest BCUT2D eigenvalue weighted by atomic mass is 35.5. The number of rotatable bonds is 6. The molecule has 0 bridgehead atoms. The first-order chi connectivity index (χ1) is 11.6. The van der Waals surface area contributed by atoms with Crippen molar-refractivity contribution >= 4 is 46.6 Å². The monoisotopic (exact) mass is 384 g/mol. The zero-order valence-corrected chi connectivity index (χ0v) is 14.3. The molecule has 0 spiro atoms. The Balaban J connectivity index is 1.53. The Bertz CT molecular complexity index is 839. The van der Waals surface area contributed by atoms with Gasteiger partial charge in [0.05, 0.1) is 21.5 Å². The fourth-order valence-corrected chi connectivity index (χ4v) is 2.66. The standard InChI is InChI=1S/C13H10Cl2N6O2S/c14-8-2-1-3-9(12(8)15)18-10(22)5-24-13-20-19-11(23-13)4-21-7-16-6-17-21/h1-3,6-7H,4-5H2,(H,18,22). The summed E-state index contributed by atoms with van der Waals surface area (Å²) >= 11 is 13.0. The van der Waals surface area contributed by atoms with Gasteiger partial charge in [-0.05, 0) is 12.1 Å². The maximum absolute atomic E-state index is 12.0. The fourth-order valence-electron chi connectivity index (χ4n) is 1.73.